The highest BCUT2D eigenvalue weighted by Crippen LogP contribution is 2.25. The minimum atomic E-state index is 1.10. The first-order valence-corrected chi connectivity index (χ1v) is 6.39. The molecule has 0 atom stereocenters. The van der Waals surface area contributed by atoms with E-state index < -0.39 is 0 Å². The maximum Gasteiger partial charge on any atom is 0.0473 e. The Morgan fingerprint density at radius 1 is 0.895 bits per heavy atom. The average Bonchev–Trinajstić information content (AvgIpc) is 2.60. The van der Waals surface area contributed by atoms with Crippen molar-refractivity contribution in [2.75, 3.05) is 5.32 Å². The van der Waals surface area contributed by atoms with Gasteiger partial charge in [-0.3, -0.25) is 0 Å². The van der Waals surface area contributed by atoms with Crippen molar-refractivity contribution in [3.05, 3.63) is 83.1 Å². The largest absolute Gasteiger partial charge is 0.355 e. The molecule has 0 radical (unpaired) electrons. The van der Waals surface area contributed by atoms with Crippen LogP contribution in [0.1, 0.15) is 18.1 Å². The predicted octanol–water partition coefficient (Wildman–Crippen LogP) is 4.71. The third kappa shape index (κ3) is 2.52. The average molecular weight is 245 g/mol. The van der Waals surface area contributed by atoms with Crippen LogP contribution in [0, 0.1) is 0 Å². The molecule has 0 spiro atoms. The highest BCUT2D eigenvalue weighted by atomic mass is 14.9. The summed E-state index contributed by atoms with van der Waals surface area (Å²) in [5, 5.41) is 3.49. The van der Waals surface area contributed by atoms with Crippen LogP contribution in [0.25, 0.3) is 11.8 Å². The van der Waals surface area contributed by atoms with Gasteiger partial charge in [0.1, 0.15) is 0 Å². The van der Waals surface area contributed by atoms with E-state index >= 15 is 0 Å². The molecule has 0 unspecified atom stereocenters. The number of rotatable bonds is 2. The van der Waals surface area contributed by atoms with Gasteiger partial charge < -0.3 is 5.32 Å². The molecule has 92 valence electrons. The number of para-hydroxylation sites is 1. The Hall–Kier alpha value is -2.50. The second-order valence-electron chi connectivity index (χ2n) is 4.61. The first kappa shape index (κ1) is 11.6. The fourth-order valence-electron chi connectivity index (χ4n) is 2.18. The van der Waals surface area contributed by atoms with Crippen LogP contribution in [-0.4, -0.2) is 0 Å². The van der Waals surface area contributed by atoms with Crippen LogP contribution in [0.4, 0.5) is 5.69 Å². The van der Waals surface area contributed by atoms with Gasteiger partial charge in [0.15, 0.2) is 0 Å². The first-order chi connectivity index (χ1) is 9.33. The monoisotopic (exact) mass is 245 g/mol. The summed E-state index contributed by atoms with van der Waals surface area (Å²) < 4.78 is 0. The minimum absolute atomic E-state index is 1.10. The van der Waals surface area contributed by atoms with Crippen molar-refractivity contribution in [2.45, 2.75) is 6.92 Å². The molecule has 3 rings (SSSR count). The number of anilines is 1. The maximum atomic E-state index is 3.49. The SMILES string of the molecule is CC1=C=Cc2ccccc2C(Nc2ccccc2)=C1. The molecule has 1 aliphatic rings. The van der Waals surface area contributed by atoms with Crippen LogP contribution >= 0.6 is 0 Å². The lowest BCUT2D eigenvalue weighted by Gasteiger charge is -2.13. The van der Waals surface area contributed by atoms with Crippen LogP contribution in [0.2, 0.25) is 0 Å². The van der Waals surface area contributed by atoms with Crippen molar-refractivity contribution in [3.8, 4) is 0 Å². The summed E-state index contributed by atoms with van der Waals surface area (Å²) in [5.74, 6) is 0. The van der Waals surface area contributed by atoms with Crippen molar-refractivity contribution in [3.63, 3.8) is 0 Å². The highest BCUT2D eigenvalue weighted by molar-refractivity contribution is 5.84. The van der Waals surface area contributed by atoms with E-state index in [2.05, 4.69) is 60.4 Å². The van der Waals surface area contributed by atoms with Crippen LogP contribution in [-0.2, 0) is 0 Å². The van der Waals surface area contributed by atoms with Gasteiger partial charge in [0.25, 0.3) is 0 Å². The third-order valence-electron chi connectivity index (χ3n) is 3.12. The molecule has 0 bridgehead atoms. The zero-order valence-electron chi connectivity index (χ0n) is 10.9. The maximum absolute atomic E-state index is 3.49. The number of allylic oxidation sites excluding steroid dienone is 2. The molecule has 1 heteroatoms. The van der Waals surface area contributed by atoms with Crippen molar-refractivity contribution in [2.24, 2.45) is 0 Å². The summed E-state index contributed by atoms with van der Waals surface area (Å²) in [5.41, 5.74) is 9.01. The Balaban J connectivity index is 2.05. The zero-order chi connectivity index (χ0) is 13.1. The van der Waals surface area contributed by atoms with Gasteiger partial charge in [-0.15, -0.1) is 5.73 Å². The normalized spacial score (nSPS) is 13.1. The van der Waals surface area contributed by atoms with Crippen molar-refractivity contribution in [1.82, 2.24) is 0 Å². The molecule has 1 aliphatic carbocycles. The van der Waals surface area contributed by atoms with Gasteiger partial charge >= 0.3 is 0 Å². The smallest absolute Gasteiger partial charge is 0.0473 e. The number of hydrogen-bond acceptors (Lipinski definition) is 1. The Morgan fingerprint density at radius 3 is 2.47 bits per heavy atom. The summed E-state index contributed by atoms with van der Waals surface area (Å²) in [6, 6.07) is 18.6. The van der Waals surface area contributed by atoms with Gasteiger partial charge in [-0.25, -0.2) is 0 Å². The summed E-state index contributed by atoms with van der Waals surface area (Å²) in [6.45, 7) is 2.06. The van der Waals surface area contributed by atoms with E-state index in [4.69, 9.17) is 0 Å². The van der Waals surface area contributed by atoms with Crippen molar-refractivity contribution in [1.29, 1.82) is 0 Å². The van der Waals surface area contributed by atoms with Gasteiger partial charge in [0, 0.05) is 16.9 Å². The topological polar surface area (TPSA) is 12.0 Å². The van der Waals surface area contributed by atoms with E-state index in [0.29, 0.717) is 0 Å². The molecule has 1 N–H and O–H groups in total. The molecule has 0 aromatic heterocycles. The standard InChI is InChI=1S/C18H15N/c1-14-11-12-15-7-5-6-10-17(15)18(13-14)19-16-8-3-2-4-9-16/h2-10,12-13,19H,1H3. The van der Waals surface area contributed by atoms with E-state index in [1.54, 1.807) is 0 Å². The molecule has 2 aromatic carbocycles. The highest BCUT2D eigenvalue weighted by Gasteiger charge is 2.08. The molecule has 2 aromatic rings. The molecule has 0 amide bonds. The lowest BCUT2D eigenvalue weighted by Crippen LogP contribution is -2.00. The molecule has 0 saturated carbocycles. The van der Waals surface area contributed by atoms with E-state index in [1.165, 1.54) is 11.1 Å². The molecule has 0 saturated heterocycles. The van der Waals surface area contributed by atoms with Gasteiger partial charge in [-0.2, -0.15) is 0 Å². The summed E-state index contributed by atoms with van der Waals surface area (Å²) in [6.07, 6.45) is 4.18. The summed E-state index contributed by atoms with van der Waals surface area (Å²) in [7, 11) is 0. The molecule has 0 heterocycles. The van der Waals surface area contributed by atoms with Crippen LogP contribution in [0.15, 0.2) is 72.0 Å². The quantitative estimate of drug-likeness (QED) is 0.755. The Labute approximate surface area is 113 Å². The number of benzene rings is 2. The summed E-state index contributed by atoms with van der Waals surface area (Å²) >= 11 is 0. The van der Waals surface area contributed by atoms with Gasteiger partial charge in [-0.1, -0.05) is 42.5 Å². The number of hydrogen-bond donors (Lipinski definition) is 1. The van der Waals surface area contributed by atoms with Crippen LogP contribution in [0.5, 0.6) is 0 Å². The van der Waals surface area contributed by atoms with Gasteiger partial charge in [-0.05, 0) is 42.3 Å². The summed E-state index contributed by atoms with van der Waals surface area (Å²) in [4.78, 5) is 0. The van der Waals surface area contributed by atoms with Crippen LogP contribution in [0.3, 0.4) is 0 Å². The molecular weight excluding hydrogens is 230 g/mol. The van der Waals surface area contributed by atoms with E-state index in [-0.39, 0.29) is 0 Å². The lowest BCUT2D eigenvalue weighted by atomic mass is 10.0. The Bertz CT molecular complexity index is 687. The minimum Gasteiger partial charge on any atom is -0.355 e. The zero-order valence-corrected chi connectivity index (χ0v) is 10.9. The third-order valence-corrected chi connectivity index (χ3v) is 3.12. The number of fused-ring (bicyclic) bond motifs is 1. The second-order valence-corrected chi connectivity index (χ2v) is 4.61. The second kappa shape index (κ2) is 5.01. The molecule has 1 nitrogen and oxygen atoms in total. The fourth-order valence-corrected chi connectivity index (χ4v) is 2.18. The van der Waals surface area contributed by atoms with Gasteiger partial charge in [0.2, 0.25) is 0 Å². The van der Waals surface area contributed by atoms with E-state index in [9.17, 15) is 0 Å². The van der Waals surface area contributed by atoms with E-state index in [0.717, 1.165) is 17.0 Å². The van der Waals surface area contributed by atoms with Gasteiger partial charge in [0.05, 0.1) is 0 Å². The molecule has 0 aliphatic heterocycles. The van der Waals surface area contributed by atoms with E-state index in [1.807, 2.05) is 24.3 Å². The Morgan fingerprint density at radius 2 is 1.63 bits per heavy atom. The van der Waals surface area contributed by atoms with Crippen molar-refractivity contribution < 1.29 is 0 Å². The molecule has 0 fully saturated rings. The van der Waals surface area contributed by atoms with Crippen LogP contribution < -0.4 is 5.32 Å². The lowest BCUT2D eigenvalue weighted by molar-refractivity contribution is 1.49. The fraction of sp³-hybridized carbons (Fsp3) is 0.0556. The molecule has 19 heavy (non-hydrogen) atoms. The molecular formula is C18H15N. The first-order valence-electron chi connectivity index (χ1n) is 6.39. The Kier molecular flexibility index (Phi) is 3.06. The number of nitrogens with one attached hydrogen (secondary N) is 1. The predicted molar refractivity (Wildman–Crippen MR) is 81.6 cm³/mol. The van der Waals surface area contributed by atoms with Crippen molar-refractivity contribution >= 4 is 17.5 Å².